The van der Waals surface area contributed by atoms with Crippen molar-refractivity contribution < 1.29 is 19.4 Å². The zero-order chi connectivity index (χ0) is 13.8. The molecule has 0 aromatic carbocycles. The van der Waals surface area contributed by atoms with Crippen molar-refractivity contribution in [2.75, 3.05) is 32.8 Å². The van der Waals surface area contributed by atoms with Gasteiger partial charge in [-0.15, -0.1) is 0 Å². The van der Waals surface area contributed by atoms with Gasteiger partial charge in [-0.3, -0.25) is 4.79 Å². The third kappa shape index (κ3) is 3.60. The Bertz CT molecular complexity index is 317. The number of nitrogens with zero attached hydrogens (tertiary/aromatic N) is 2. The van der Waals surface area contributed by atoms with Crippen LogP contribution in [0.1, 0.15) is 27.2 Å². The minimum absolute atomic E-state index is 0.0235. The number of amides is 2. The second-order valence-electron chi connectivity index (χ2n) is 5.02. The van der Waals surface area contributed by atoms with E-state index in [0.29, 0.717) is 26.3 Å². The van der Waals surface area contributed by atoms with Gasteiger partial charge in [0.05, 0.1) is 25.2 Å². The monoisotopic (exact) mass is 258 g/mol. The Morgan fingerprint density at radius 1 is 1.44 bits per heavy atom. The molecule has 0 aliphatic carbocycles. The zero-order valence-electron chi connectivity index (χ0n) is 11.3. The summed E-state index contributed by atoms with van der Waals surface area (Å²) in [6, 6.07) is -0.105. The molecule has 1 rings (SSSR count). The highest BCUT2D eigenvalue weighted by molar-refractivity contribution is 5.76. The number of carboxylic acids is 1. The van der Waals surface area contributed by atoms with Crippen molar-refractivity contribution in [1.82, 2.24) is 9.80 Å². The minimum Gasteiger partial charge on any atom is -0.481 e. The highest BCUT2D eigenvalue weighted by atomic mass is 16.5. The molecule has 1 heterocycles. The molecule has 6 heteroatoms. The van der Waals surface area contributed by atoms with Crippen LogP contribution in [-0.4, -0.2) is 65.3 Å². The Kier molecular flexibility index (Phi) is 4.95. The molecule has 0 saturated carbocycles. The second-order valence-corrected chi connectivity index (χ2v) is 5.02. The molecule has 1 N–H and O–H groups in total. The average molecular weight is 258 g/mol. The van der Waals surface area contributed by atoms with Crippen LogP contribution in [0.3, 0.4) is 0 Å². The summed E-state index contributed by atoms with van der Waals surface area (Å²) in [5, 5.41) is 8.68. The summed E-state index contributed by atoms with van der Waals surface area (Å²) in [6.45, 7) is 8.12. The topological polar surface area (TPSA) is 70.1 Å². The Labute approximate surface area is 107 Å². The first-order valence-corrected chi connectivity index (χ1v) is 6.24. The van der Waals surface area contributed by atoms with Crippen molar-refractivity contribution >= 4 is 12.0 Å². The van der Waals surface area contributed by atoms with Gasteiger partial charge in [0.2, 0.25) is 0 Å². The van der Waals surface area contributed by atoms with Gasteiger partial charge in [0.25, 0.3) is 0 Å². The lowest BCUT2D eigenvalue weighted by Crippen LogP contribution is -2.59. The lowest BCUT2D eigenvalue weighted by molar-refractivity contribution is -0.137. The van der Waals surface area contributed by atoms with Crippen molar-refractivity contribution in [3.05, 3.63) is 0 Å². The Morgan fingerprint density at radius 2 is 2.11 bits per heavy atom. The van der Waals surface area contributed by atoms with Crippen LogP contribution in [0.2, 0.25) is 0 Å². The number of hydrogen-bond donors (Lipinski definition) is 1. The molecule has 0 aromatic rings. The summed E-state index contributed by atoms with van der Waals surface area (Å²) in [6.07, 6.45) is -0.0235. The van der Waals surface area contributed by atoms with Crippen LogP contribution in [0, 0.1) is 0 Å². The average Bonchev–Trinajstić information content (AvgIpc) is 2.28. The highest BCUT2D eigenvalue weighted by Crippen LogP contribution is 2.20. The molecule has 2 amide bonds. The van der Waals surface area contributed by atoms with Crippen LogP contribution in [0.15, 0.2) is 0 Å². The van der Waals surface area contributed by atoms with Gasteiger partial charge in [-0.2, -0.15) is 0 Å². The first-order chi connectivity index (χ1) is 8.38. The van der Waals surface area contributed by atoms with Crippen molar-refractivity contribution in [1.29, 1.82) is 0 Å². The first kappa shape index (κ1) is 14.8. The van der Waals surface area contributed by atoms with Gasteiger partial charge in [-0.1, -0.05) is 0 Å². The molecular weight excluding hydrogens is 236 g/mol. The molecule has 0 atom stereocenters. The lowest BCUT2D eigenvalue weighted by atomic mass is 10.0. The number of morpholine rings is 1. The van der Waals surface area contributed by atoms with Crippen molar-refractivity contribution in [2.45, 2.75) is 32.7 Å². The number of aliphatic carboxylic acids is 1. The van der Waals surface area contributed by atoms with Crippen LogP contribution in [0.5, 0.6) is 0 Å². The van der Waals surface area contributed by atoms with E-state index in [9.17, 15) is 9.59 Å². The Balaban J connectivity index is 2.67. The molecule has 0 spiro atoms. The quantitative estimate of drug-likeness (QED) is 0.817. The van der Waals surface area contributed by atoms with Gasteiger partial charge in [-0.05, 0) is 20.8 Å². The molecule has 1 saturated heterocycles. The fourth-order valence-electron chi connectivity index (χ4n) is 2.00. The van der Waals surface area contributed by atoms with Gasteiger partial charge in [-0.25, -0.2) is 4.79 Å². The number of urea groups is 1. The fraction of sp³-hybridized carbons (Fsp3) is 0.833. The first-order valence-electron chi connectivity index (χ1n) is 6.24. The lowest BCUT2D eigenvalue weighted by Gasteiger charge is -2.44. The molecule has 18 heavy (non-hydrogen) atoms. The predicted octanol–water partition coefficient (Wildman–Crippen LogP) is 1.01. The number of ether oxygens (including phenoxy) is 1. The number of carboxylic acid groups (broad SMARTS) is 1. The summed E-state index contributed by atoms with van der Waals surface area (Å²) < 4.78 is 5.37. The minimum atomic E-state index is -0.887. The number of carbonyl (C=O) groups excluding carboxylic acids is 1. The summed E-state index contributed by atoms with van der Waals surface area (Å²) in [7, 11) is 0. The Morgan fingerprint density at radius 3 is 2.61 bits per heavy atom. The Hall–Kier alpha value is -1.30. The van der Waals surface area contributed by atoms with Crippen molar-refractivity contribution in [3.63, 3.8) is 0 Å². The van der Waals surface area contributed by atoms with Crippen LogP contribution < -0.4 is 0 Å². The third-order valence-corrected chi connectivity index (χ3v) is 3.12. The molecule has 1 fully saturated rings. The molecule has 1 aliphatic rings. The van der Waals surface area contributed by atoms with E-state index >= 15 is 0 Å². The van der Waals surface area contributed by atoms with E-state index < -0.39 is 5.97 Å². The SMILES string of the molecule is CCN(CCC(=O)O)C(=O)N1CCOCC1(C)C. The van der Waals surface area contributed by atoms with Gasteiger partial charge in [0.15, 0.2) is 0 Å². The largest absolute Gasteiger partial charge is 0.481 e. The van der Waals surface area contributed by atoms with E-state index in [4.69, 9.17) is 9.84 Å². The smallest absolute Gasteiger partial charge is 0.320 e. The van der Waals surface area contributed by atoms with Gasteiger partial charge >= 0.3 is 12.0 Å². The molecule has 104 valence electrons. The van der Waals surface area contributed by atoms with Gasteiger partial charge in [0.1, 0.15) is 0 Å². The van der Waals surface area contributed by atoms with Crippen LogP contribution in [-0.2, 0) is 9.53 Å². The molecule has 0 bridgehead atoms. The summed E-state index contributed by atoms with van der Waals surface area (Å²) in [5.74, 6) is -0.887. The molecule has 0 radical (unpaired) electrons. The van der Waals surface area contributed by atoms with Gasteiger partial charge in [0, 0.05) is 19.6 Å². The van der Waals surface area contributed by atoms with Crippen molar-refractivity contribution in [2.24, 2.45) is 0 Å². The summed E-state index contributed by atoms with van der Waals surface area (Å²) in [4.78, 5) is 26.3. The third-order valence-electron chi connectivity index (χ3n) is 3.12. The standard InChI is InChI=1S/C12H22N2O4/c1-4-13(6-5-10(15)16)11(17)14-7-8-18-9-12(14,2)3/h4-9H2,1-3H3,(H,15,16). The normalized spacial score (nSPS) is 18.5. The molecule has 0 aromatic heterocycles. The van der Waals surface area contributed by atoms with E-state index in [1.807, 2.05) is 20.8 Å². The van der Waals surface area contributed by atoms with E-state index in [1.165, 1.54) is 0 Å². The van der Waals surface area contributed by atoms with Crippen LogP contribution in [0.4, 0.5) is 4.79 Å². The molecule has 6 nitrogen and oxygen atoms in total. The highest BCUT2D eigenvalue weighted by Gasteiger charge is 2.36. The van der Waals surface area contributed by atoms with E-state index in [1.54, 1.807) is 9.80 Å². The van der Waals surface area contributed by atoms with E-state index in [0.717, 1.165) is 0 Å². The second kappa shape index (κ2) is 6.04. The molecule has 0 unspecified atom stereocenters. The number of rotatable bonds is 4. The summed E-state index contributed by atoms with van der Waals surface area (Å²) in [5.41, 5.74) is -0.341. The van der Waals surface area contributed by atoms with Crippen LogP contribution in [0.25, 0.3) is 0 Å². The molecular formula is C12H22N2O4. The summed E-state index contributed by atoms with van der Waals surface area (Å²) >= 11 is 0. The number of hydrogen-bond acceptors (Lipinski definition) is 3. The van der Waals surface area contributed by atoms with E-state index in [2.05, 4.69) is 0 Å². The van der Waals surface area contributed by atoms with Gasteiger partial charge < -0.3 is 19.6 Å². The molecule has 1 aliphatic heterocycles. The zero-order valence-corrected chi connectivity index (χ0v) is 11.3. The maximum absolute atomic E-state index is 12.4. The van der Waals surface area contributed by atoms with Crippen molar-refractivity contribution in [3.8, 4) is 0 Å². The maximum atomic E-state index is 12.4. The van der Waals surface area contributed by atoms with Crippen LogP contribution >= 0.6 is 0 Å². The predicted molar refractivity (Wildman–Crippen MR) is 66.5 cm³/mol. The maximum Gasteiger partial charge on any atom is 0.320 e. The van der Waals surface area contributed by atoms with E-state index in [-0.39, 0.29) is 24.5 Å². The number of carbonyl (C=O) groups is 2. The fourth-order valence-corrected chi connectivity index (χ4v) is 2.00.